The molecule has 0 radical (unpaired) electrons. The van der Waals surface area contributed by atoms with E-state index in [1.54, 1.807) is 0 Å². The Hall–Kier alpha value is -1.62. The molecule has 1 N–H and O–H groups in total. The third-order valence-corrected chi connectivity index (χ3v) is 3.92. The second kappa shape index (κ2) is 7.41. The molecule has 0 aliphatic carbocycles. The summed E-state index contributed by atoms with van der Waals surface area (Å²) in [4.78, 5) is 22.2. The molecule has 0 atom stereocenters. The van der Waals surface area contributed by atoms with Gasteiger partial charge in [0.05, 0.1) is 4.92 Å². The molecule has 0 saturated heterocycles. The van der Waals surface area contributed by atoms with E-state index in [0.717, 1.165) is 0 Å². The van der Waals surface area contributed by atoms with Crippen molar-refractivity contribution in [1.29, 1.82) is 0 Å². The summed E-state index contributed by atoms with van der Waals surface area (Å²) >= 11 is 5.81. The lowest BCUT2D eigenvalue weighted by molar-refractivity contribution is -0.384. The van der Waals surface area contributed by atoms with Crippen molar-refractivity contribution in [3.63, 3.8) is 0 Å². The zero-order valence-electron chi connectivity index (χ0n) is 12.7. The van der Waals surface area contributed by atoms with Gasteiger partial charge in [-0.05, 0) is 29.9 Å². The molecule has 0 fully saturated rings. The van der Waals surface area contributed by atoms with Gasteiger partial charge in [-0.1, -0.05) is 39.3 Å². The van der Waals surface area contributed by atoms with Crippen molar-refractivity contribution in [3.8, 4) is 0 Å². The van der Waals surface area contributed by atoms with Gasteiger partial charge in [0, 0.05) is 18.2 Å². The van der Waals surface area contributed by atoms with Gasteiger partial charge < -0.3 is 5.32 Å². The summed E-state index contributed by atoms with van der Waals surface area (Å²) in [5.74, 6) is 1.04. The van der Waals surface area contributed by atoms with Crippen LogP contribution in [0.1, 0.15) is 38.1 Å². The van der Waals surface area contributed by atoms with Crippen LogP contribution in [0.3, 0.4) is 0 Å². The highest BCUT2D eigenvalue weighted by Gasteiger charge is 2.20. The van der Waals surface area contributed by atoms with Crippen molar-refractivity contribution in [2.24, 2.45) is 17.8 Å². The molecule has 21 heavy (non-hydrogen) atoms. The number of amides is 1. The second-order valence-corrected chi connectivity index (χ2v) is 6.19. The molecule has 0 heterocycles. The number of hydrogen-bond acceptors (Lipinski definition) is 3. The fraction of sp³-hybridized carbons (Fsp3) is 0.533. The maximum Gasteiger partial charge on any atom is 0.287 e. The van der Waals surface area contributed by atoms with E-state index >= 15 is 0 Å². The van der Waals surface area contributed by atoms with Gasteiger partial charge >= 0.3 is 0 Å². The zero-order chi connectivity index (χ0) is 16.2. The van der Waals surface area contributed by atoms with Gasteiger partial charge in [0.2, 0.25) is 0 Å². The molecule has 0 aromatic heterocycles. The summed E-state index contributed by atoms with van der Waals surface area (Å²) in [6.07, 6.45) is 0. The Balaban J connectivity index is 2.76. The molecule has 1 aromatic carbocycles. The molecule has 116 valence electrons. The van der Waals surface area contributed by atoms with Gasteiger partial charge in [-0.2, -0.15) is 0 Å². The van der Waals surface area contributed by atoms with Crippen LogP contribution in [-0.2, 0) is 0 Å². The number of benzene rings is 1. The van der Waals surface area contributed by atoms with Gasteiger partial charge in [0.15, 0.2) is 0 Å². The quantitative estimate of drug-likeness (QED) is 0.639. The van der Waals surface area contributed by atoms with Gasteiger partial charge in [0.1, 0.15) is 5.02 Å². The molecule has 0 aliphatic rings. The molecule has 0 bridgehead atoms. The maximum absolute atomic E-state index is 12.1. The summed E-state index contributed by atoms with van der Waals surface area (Å²) in [6, 6.07) is 3.99. The van der Waals surface area contributed by atoms with E-state index in [4.69, 9.17) is 11.6 Å². The molecular formula is C15H21ClN2O3. The van der Waals surface area contributed by atoms with Crippen LogP contribution in [0.15, 0.2) is 18.2 Å². The van der Waals surface area contributed by atoms with Gasteiger partial charge in [-0.25, -0.2) is 0 Å². The smallest absolute Gasteiger partial charge is 0.287 e. The first-order valence-electron chi connectivity index (χ1n) is 6.96. The molecule has 5 nitrogen and oxygen atoms in total. The highest BCUT2D eigenvalue weighted by molar-refractivity contribution is 6.33. The first-order chi connectivity index (χ1) is 9.73. The fourth-order valence-electron chi connectivity index (χ4n) is 2.35. The molecule has 0 aliphatic heterocycles. The number of nitro benzene ring substituents is 1. The molecule has 0 saturated carbocycles. The number of rotatable bonds is 6. The Morgan fingerprint density at radius 3 is 2.29 bits per heavy atom. The summed E-state index contributed by atoms with van der Waals surface area (Å²) in [5, 5.41) is 13.5. The van der Waals surface area contributed by atoms with Crippen molar-refractivity contribution < 1.29 is 9.72 Å². The minimum absolute atomic E-state index is 0.0306. The Morgan fingerprint density at radius 2 is 1.86 bits per heavy atom. The first-order valence-corrected chi connectivity index (χ1v) is 7.34. The minimum atomic E-state index is -0.572. The summed E-state index contributed by atoms with van der Waals surface area (Å²) in [6.45, 7) is 9.07. The van der Waals surface area contributed by atoms with Crippen LogP contribution in [0.2, 0.25) is 5.02 Å². The minimum Gasteiger partial charge on any atom is -0.352 e. The highest BCUT2D eigenvalue weighted by Crippen LogP contribution is 2.25. The number of nitrogens with zero attached hydrogens (tertiary/aromatic N) is 1. The Bertz CT molecular complexity index is 522. The Morgan fingerprint density at radius 1 is 1.29 bits per heavy atom. The third kappa shape index (κ3) is 4.70. The number of hydrogen-bond donors (Lipinski definition) is 1. The van der Waals surface area contributed by atoms with E-state index in [2.05, 4.69) is 33.0 Å². The topological polar surface area (TPSA) is 72.2 Å². The standard InChI is InChI=1S/C15H21ClN2O3/c1-9(2)12(10(3)4)8-17-15(19)11-5-6-14(18(20)21)13(16)7-11/h5-7,9-10,12H,8H2,1-4H3,(H,17,19). The summed E-state index contributed by atoms with van der Waals surface area (Å²) in [7, 11) is 0. The number of carbonyl (C=O) groups excluding carboxylic acids is 1. The van der Waals surface area contributed by atoms with Gasteiger partial charge in [-0.15, -0.1) is 0 Å². The lowest BCUT2D eigenvalue weighted by Crippen LogP contribution is -2.33. The van der Waals surface area contributed by atoms with Crippen molar-refractivity contribution in [3.05, 3.63) is 38.9 Å². The zero-order valence-corrected chi connectivity index (χ0v) is 13.5. The Kier molecular flexibility index (Phi) is 6.15. The maximum atomic E-state index is 12.1. The molecule has 1 rings (SSSR count). The summed E-state index contributed by atoms with van der Waals surface area (Å²) in [5.41, 5.74) is 0.132. The van der Waals surface area contributed by atoms with E-state index in [-0.39, 0.29) is 16.6 Å². The monoisotopic (exact) mass is 312 g/mol. The van der Waals surface area contributed by atoms with E-state index < -0.39 is 4.92 Å². The van der Waals surface area contributed by atoms with Crippen LogP contribution < -0.4 is 5.32 Å². The van der Waals surface area contributed by atoms with Crippen LogP contribution in [-0.4, -0.2) is 17.4 Å². The molecule has 0 spiro atoms. The third-order valence-electron chi connectivity index (χ3n) is 3.62. The van der Waals surface area contributed by atoms with Crippen LogP contribution in [0.5, 0.6) is 0 Å². The lowest BCUT2D eigenvalue weighted by atomic mass is 9.85. The SMILES string of the molecule is CC(C)C(CNC(=O)c1ccc([N+](=O)[O-])c(Cl)c1)C(C)C. The van der Waals surface area contributed by atoms with Crippen LogP contribution in [0.4, 0.5) is 5.69 Å². The van der Waals surface area contributed by atoms with Crippen LogP contribution >= 0.6 is 11.6 Å². The van der Waals surface area contributed by atoms with Crippen LogP contribution in [0.25, 0.3) is 0 Å². The van der Waals surface area contributed by atoms with Crippen molar-refractivity contribution in [1.82, 2.24) is 5.32 Å². The number of carbonyl (C=O) groups is 1. The van der Waals surface area contributed by atoms with Gasteiger partial charge in [0.25, 0.3) is 11.6 Å². The average Bonchev–Trinajstić information content (AvgIpc) is 2.37. The molecule has 1 aromatic rings. The van der Waals surface area contributed by atoms with Crippen LogP contribution in [0, 0.1) is 27.9 Å². The normalized spacial score (nSPS) is 11.2. The second-order valence-electron chi connectivity index (χ2n) is 5.79. The number of halogens is 1. The number of nitro groups is 1. The van der Waals surface area contributed by atoms with E-state index in [1.165, 1.54) is 18.2 Å². The number of nitrogens with one attached hydrogen (secondary N) is 1. The van der Waals surface area contributed by atoms with E-state index in [9.17, 15) is 14.9 Å². The predicted molar refractivity (Wildman–Crippen MR) is 83.6 cm³/mol. The van der Waals surface area contributed by atoms with Crippen molar-refractivity contribution in [2.45, 2.75) is 27.7 Å². The summed E-state index contributed by atoms with van der Waals surface area (Å²) < 4.78 is 0. The van der Waals surface area contributed by atoms with Crippen molar-refractivity contribution >= 4 is 23.2 Å². The van der Waals surface area contributed by atoms with E-state index in [0.29, 0.717) is 29.9 Å². The first kappa shape index (κ1) is 17.4. The molecule has 0 unspecified atom stereocenters. The molecule has 6 heteroatoms. The van der Waals surface area contributed by atoms with E-state index in [1.807, 2.05) is 0 Å². The Labute approximate surface area is 129 Å². The molecule has 1 amide bonds. The average molecular weight is 313 g/mol. The largest absolute Gasteiger partial charge is 0.352 e. The lowest BCUT2D eigenvalue weighted by Gasteiger charge is -2.25. The van der Waals surface area contributed by atoms with Gasteiger partial charge in [-0.3, -0.25) is 14.9 Å². The highest BCUT2D eigenvalue weighted by atomic mass is 35.5. The van der Waals surface area contributed by atoms with Crippen molar-refractivity contribution in [2.75, 3.05) is 6.54 Å². The predicted octanol–water partition coefficient (Wildman–Crippen LogP) is 3.91. The molecular weight excluding hydrogens is 292 g/mol. The fourth-order valence-corrected chi connectivity index (χ4v) is 2.60.